The fourth-order valence-corrected chi connectivity index (χ4v) is 7.26. The van der Waals surface area contributed by atoms with E-state index in [0.717, 1.165) is 16.7 Å². The van der Waals surface area contributed by atoms with Gasteiger partial charge in [-0.1, -0.05) is 96.2 Å². The van der Waals surface area contributed by atoms with Gasteiger partial charge in [-0.2, -0.15) is 0 Å². The maximum atomic E-state index is 13.9. The summed E-state index contributed by atoms with van der Waals surface area (Å²) in [6.07, 6.45) is -0.680. The van der Waals surface area contributed by atoms with Crippen molar-refractivity contribution in [3.63, 3.8) is 0 Å². The summed E-state index contributed by atoms with van der Waals surface area (Å²) >= 11 is 8.31. The molecule has 4 aromatic rings. The Kier molecular flexibility index (Phi) is 7.55. The molecule has 2 aliphatic heterocycles. The Bertz CT molecular complexity index is 1570. The van der Waals surface area contributed by atoms with Crippen LogP contribution in [-0.4, -0.2) is 55.9 Å². The number of hydrogen-bond donors (Lipinski definition) is 1. The molecular weight excluding hydrogens is 574 g/mol. The van der Waals surface area contributed by atoms with Gasteiger partial charge in [-0.15, -0.1) is 23.4 Å². The molecule has 0 radical (unpaired) electrons. The number of aryl methyl sites for hydroxylation is 1. The lowest BCUT2D eigenvalue weighted by Gasteiger charge is -2.56. The van der Waals surface area contributed by atoms with Crippen LogP contribution in [0.3, 0.4) is 0 Å². The molecule has 2 fully saturated rings. The van der Waals surface area contributed by atoms with Crippen LogP contribution in [0.1, 0.15) is 40.3 Å². The summed E-state index contributed by atoms with van der Waals surface area (Å²) in [7, 11) is 0. The Hall–Kier alpha value is -4.08. The van der Waals surface area contributed by atoms with E-state index in [4.69, 9.17) is 20.9 Å². The van der Waals surface area contributed by atoms with Crippen LogP contribution in [0.15, 0.2) is 95.5 Å². The second-order valence-electron chi connectivity index (χ2n) is 10.5. The van der Waals surface area contributed by atoms with E-state index in [0.29, 0.717) is 17.2 Å². The predicted molar refractivity (Wildman–Crippen MR) is 160 cm³/mol. The lowest BCUT2D eigenvalue weighted by molar-refractivity contribution is -0.168. The van der Waals surface area contributed by atoms with Crippen molar-refractivity contribution in [2.24, 2.45) is 0 Å². The van der Waals surface area contributed by atoms with Crippen molar-refractivity contribution in [3.05, 3.63) is 113 Å². The predicted octanol–water partition coefficient (Wildman–Crippen LogP) is 5.36. The van der Waals surface area contributed by atoms with Gasteiger partial charge in [0.25, 0.3) is 5.91 Å². The largest absolute Gasteiger partial charge is 0.451 e. The molecular formula is C32H28ClN3O5S. The zero-order valence-electron chi connectivity index (χ0n) is 22.9. The van der Waals surface area contributed by atoms with Gasteiger partial charge in [0.05, 0.1) is 4.87 Å². The van der Waals surface area contributed by atoms with Crippen molar-refractivity contribution in [1.82, 2.24) is 15.4 Å². The highest BCUT2D eigenvalue weighted by Gasteiger charge is 2.61. The Balaban J connectivity index is 1.23. The highest BCUT2D eigenvalue weighted by Crippen LogP contribution is 2.46. The van der Waals surface area contributed by atoms with Crippen LogP contribution >= 0.6 is 23.4 Å². The Morgan fingerprint density at radius 2 is 1.60 bits per heavy atom. The number of benzene rings is 3. The van der Waals surface area contributed by atoms with E-state index in [1.807, 2.05) is 91.0 Å². The number of carbonyl (C=O) groups is 3. The smallest absolute Gasteiger partial charge is 0.331 e. The number of ether oxygens (including phenoxy) is 1. The van der Waals surface area contributed by atoms with Crippen molar-refractivity contribution in [3.8, 4) is 11.3 Å². The summed E-state index contributed by atoms with van der Waals surface area (Å²) in [6.45, 7) is 3.38. The molecule has 2 saturated heterocycles. The maximum absolute atomic E-state index is 13.9. The molecule has 3 aromatic carbocycles. The normalized spacial score (nSPS) is 23.2. The first-order valence-electron chi connectivity index (χ1n) is 13.5. The van der Waals surface area contributed by atoms with Crippen molar-refractivity contribution >= 4 is 41.1 Å². The Morgan fingerprint density at radius 3 is 2.19 bits per heavy atom. The van der Waals surface area contributed by atoms with Crippen LogP contribution in [0, 0.1) is 6.92 Å². The summed E-state index contributed by atoms with van der Waals surface area (Å²) in [5.41, 5.74) is 2.98. The molecule has 6 rings (SSSR count). The zero-order chi connectivity index (χ0) is 29.4. The second kappa shape index (κ2) is 11.3. The third-order valence-electron chi connectivity index (χ3n) is 7.55. The van der Waals surface area contributed by atoms with Crippen LogP contribution in [0.25, 0.3) is 11.3 Å². The van der Waals surface area contributed by atoms with Crippen LogP contribution in [0.5, 0.6) is 0 Å². The van der Waals surface area contributed by atoms with E-state index in [9.17, 15) is 14.4 Å². The fraction of sp³-hybridized carbons (Fsp3) is 0.250. The van der Waals surface area contributed by atoms with Gasteiger partial charge in [0.15, 0.2) is 12.1 Å². The van der Waals surface area contributed by atoms with Gasteiger partial charge in [-0.05, 0) is 25.0 Å². The number of thioether (sulfide) groups is 1. The van der Waals surface area contributed by atoms with E-state index in [2.05, 4.69) is 10.5 Å². The molecule has 0 saturated carbocycles. The van der Waals surface area contributed by atoms with Crippen LogP contribution in [-0.2, 0) is 14.3 Å². The standard InChI is InChI=1S/C32H28ClN3O5S/c1-19-23(24(35-41-19)20-12-6-3-7-13-20)28(37)34-25-29(38)36-27(32(2,33)18-42-30(25)36)31(39)40-26(21-14-8-4-9-15-21)22-16-10-5-11-17-22/h3-17,25-27,30H,18H2,1-2H3,(H,34,37)/t25-,27+,30+,32-/m1/s1. The van der Waals surface area contributed by atoms with Crippen LogP contribution < -0.4 is 5.32 Å². The number of amides is 2. The minimum atomic E-state index is -1.08. The third-order valence-corrected chi connectivity index (χ3v) is 9.66. The van der Waals surface area contributed by atoms with Crippen molar-refractivity contribution in [2.45, 2.75) is 42.3 Å². The molecule has 0 bridgehead atoms. The van der Waals surface area contributed by atoms with E-state index >= 15 is 0 Å². The van der Waals surface area contributed by atoms with Gasteiger partial charge in [0.2, 0.25) is 5.91 Å². The van der Waals surface area contributed by atoms with Gasteiger partial charge in [-0.3, -0.25) is 9.59 Å². The van der Waals surface area contributed by atoms with Gasteiger partial charge in [0.1, 0.15) is 28.4 Å². The SMILES string of the molecule is Cc1onc(-c2ccccc2)c1C(=O)N[C@@H]1C(=O)N2[C@@H](C(=O)OC(c3ccccc3)c3ccccc3)[C@](C)(Cl)CS[C@@H]12. The van der Waals surface area contributed by atoms with Crippen molar-refractivity contribution in [1.29, 1.82) is 0 Å². The molecule has 1 N–H and O–H groups in total. The van der Waals surface area contributed by atoms with Crippen LogP contribution in [0.4, 0.5) is 0 Å². The summed E-state index contributed by atoms with van der Waals surface area (Å²) in [6, 6.07) is 26.2. The van der Waals surface area contributed by atoms with Gasteiger partial charge in [0, 0.05) is 11.3 Å². The van der Waals surface area contributed by atoms with E-state index in [1.165, 1.54) is 16.7 Å². The first kappa shape index (κ1) is 28.1. The number of rotatable bonds is 7. The van der Waals surface area contributed by atoms with Gasteiger partial charge >= 0.3 is 5.97 Å². The van der Waals surface area contributed by atoms with Crippen molar-refractivity contribution in [2.75, 3.05) is 5.75 Å². The van der Waals surface area contributed by atoms with E-state index in [-0.39, 0.29) is 5.56 Å². The first-order chi connectivity index (χ1) is 20.3. The molecule has 2 amide bonds. The lowest BCUT2D eigenvalue weighted by Crippen LogP contribution is -2.78. The fourth-order valence-electron chi connectivity index (χ4n) is 5.46. The quantitative estimate of drug-likeness (QED) is 0.173. The van der Waals surface area contributed by atoms with Crippen LogP contribution in [0.2, 0.25) is 0 Å². The first-order valence-corrected chi connectivity index (χ1v) is 14.9. The van der Waals surface area contributed by atoms with Gasteiger partial charge in [-0.25, -0.2) is 4.79 Å². The molecule has 2 aliphatic rings. The molecule has 1 aromatic heterocycles. The number of β-lactam (4-membered cyclic amide) rings is 1. The molecule has 3 heterocycles. The minimum absolute atomic E-state index is 0.264. The number of hydrogen-bond acceptors (Lipinski definition) is 7. The van der Waals surface area contributed by atoms with E-state index in [1.54, 1.807) is 13.8 Å². The molecule has 0 spiro atoms. The summed E-state index contributed by atoms with van der Waals surface area (Å²) < 4.78 is 11.5. The Labute approximate surface area is 252 Å². The average molecular weight is 602 g/mol. The van der Waals surface area contributed by atoms with E-state index < -0.39 is 46.2 Å². The monoisotopic (exact) mass is 601 g/mol. The molecule has 0 aliphatic carbocycles. The average Bonchev–Trinajstić information content (AvgIpc) is 3.40. The van der Waals surface area contributed by atoms with Gasteiger partial charge < -0.3 is 19.5 Å². The molecule has 4 atom stereocenters. The summed E-state index contributed by atoms with van der Waals surface area (Å²) in [5.74, 6) is -0.764. The molecule has 42 heavy (non-hydrogen) atoms. The molecule has 8 nitrogen and oxygen atoms in total. The number of aromatic nitrogens is 1. The third kappa shape index (κ3) is 5.07. The molecule has 0 unspecified atom stereocenters. The number of esters is 1. The number of nitrogens with zero attached hydrogens (tertiary/aromatic N) is 2. The number of fused-ring (bicyclic) bond motifs is 1. The summed E-state index contributed by atoms with van der Waals surface area (Å²) in [4.78, 5) is 41.2. The second-order valence-corrected chi connectivity index (χ2v) is 12.5. The topological polar surface area (TPSA) is 102 Å². The minimum Gasteiger partial charge on any atom is -0.451 e. The number of nitrogens with one attached hydrogen (secondary N) is 1. The Morgan fingerprint density at radius 1 is 1.02 bits per heavy atom. The molecule has 10 heteroatoms. The number of halogens is 1. The maximum Gasteiger partial charge on any atom is 0.331 e. The van der Waals surface area contributed by atoms with Crippen molar-refractivity contribution < 1.29 is 23.6 Å². The molecule has 214 valence electrons. The highest BCUT2D eigenvalue weighted by molar-refractivity contribution is 8.00. The zero-order valence-corrected chi connectivity index (χ0v) is 24.5. The lowest BCUT2D eigenvalue weighted by atomic mass is 9.93. The number of alkyl halides is 1. The number of carbonyl (C=O) groups excluding carboxylic acids is 3. The highest BCUT2D eigenvalue weighted by atomic mass is 35.5. The summed E-state index contributed by atoms with van der Waals surface area (Å²) in [5, 5.41) is 6.44.